The first-order valence-corrected chi connectivity index (χ1v) is 17.2. The number of methoxy groups -OCH3 is 1. The van der Waals surface area contributed by atoms with Crippen molar-refractivity contribution in [1.82, 2.24) is 24.0 Å². The molecule has 0 spiro atoms. The molecule has 2 bridgehead atoms. The highest BCUT2D eigenvalue weighted by Crippen LogP contribution is 2.42. The number of nitrogens with two attached hydrogens (primary N) is 1. The molecule has 4 aliphatic rings. The lowest BCUT2D eigenvalue weighted by atomic mass is 9.77. The Balaban J connectivity index is 1.14. The SMILES string of the molecule is COc1cc(C(=O)N2CC3CCC2C3N)cc2nc(-c3cc4ccc(-c5ccc6c(c5)C(C)(C)CC(=O)N6)nc4n3CC3CC3)n(C)c12. The number of fused-ring (bicyclic) bond motifs is 5. The van der Waals surface area contributed by atoms with Crippen molar-refractivity contribution in [3.05, 3.63) is 59.7 Å². The number of hydrogen-bond acceptors (Lipinski definition) is 6. The molecule has 10 heteroatoms. The number of carbonyl (C=O) groups excluding carboxylic acids is 2. The van der Waals surface area contributed by atoms with Gasteiger partial charge in [-0.05, 0) is 85.5 Å². The number of likely N-dealkylation sites (tertiary alicyclic amines) is 1. The third kappa shape index (κ3) is 4.48. The number of piperidine rings is 1. The Bertz CT molecular complexity index is 2170. The van der Waals surface area contributed by atoms with Gasteiger partial charge < -0.3 is 29.8 Å². The van der Waals surface area contributed by atoms with E-state index in [2.05, 4.69) is 52.6 Å². The van der Waals surface area contributed by atoms with Gasteiger partial charge in [-0.25, -0.2) is 9.97 Å². The number of anilines is 1. The number of rotatable bonds is 6. The Kier molecular flexibility index (Phi) is 6.38. The second kappa shape index (κ2) is 10.4. The van der Waals surface area contributed by atoms with Crippen LogP contribution in [0.3, 0.4) is 0 Å². The predicted molar refractivity (Wildman–Crippen MR) is 186 cm³/mol. The van der Waals surface area contributed by atoms with Gasteiger partial charge in [-0.2, -0.15) is 0 Å². The Morgan fingerprint density at radius 2 is 1.90 bits per heavy atom. The zero-order valence-electron chi connectivity index (χ0n) is 27.9. The molecule has 3 aromatic heterocycles. The van der Waals surface area contributed by atoms with E-state index in [0.717, 1.165) is 75.5 Å². The summed E-state index contributed by atoms with van der Waals surface area (Å²) in [6.45, 7) is 5.82. The van der Waals surface area contributed by atoms with Crippen LogP contribution in [-0.4, -0.2) is 61.6 Å². The maximum absolute atomic E-state index is 13.8. The molecule has 5 aromatic rings. The highest BCUT2D eigenvalue weighted by atomic mass is 16.5. The summed E-state index contributed by atoms with van der Waals surface area (Å²) in [5.41, 5.74) is 14.2. The summed E-state index contributed by atoms with van der Waals surface area (Å²) >= 11 is 0. The maximum atomic E-state index is 13.8. The van der Waals surface area contributed by atoms with Crippen LogP contribution in [0.15, 0.2) is 48.5 Å². The van der Waals surface area contributed by atoms with Gasteiger partial charge in [0.2, 0.25) is 5.91 Å². The molecule has 246 valence electrons. The molecule has 2 aliphatic carbocycles. The molecule has 3 unspecified atom stereocenters. The van der Waals surface area contributed by atoms with E-state index >= 15 is 0 Å². The molecule has 3 N–H and O–H groups in total. The van der Waals surface area contributed by atoms with Crippen LogP contribution in [0.1, 0.15) is 61.9 Å². The van der Waals surface area contributed by atoms with Crippen LogP contribution in [0.2, 0.25) is 0 Å². The van der Waals surface area contributed by atoms with Crippen molar-refractivity contribution < 1.29 is 14.3 Å². The van der Waals surface area contributed by atoms with E-state index in [4.69, 9.17) is 20.4 Å². The minimum Gasteiger partial charge on any atom is -0.494 e. The number of carbonyl (C=O) groups is 2. The van der Waals surface area contributed by atoms with Crippen molar-refractivity contribution in [2.75, 3.05) is 19.0 Å². The molecule has 2 saturated carbocycles. The molecule has 9 rings (SSSR count). The number of nitrogens with one attached hydrogen (secondary N) is 1. The van der Waals surface area contributed by atoms with Gasteiger partial charge in [0.25, 0.3) is 5.91 Å². The molecular weight excluding hydrogens is 602 g/mol. The monoisotopic (exact) mass is 643 g/mol. The molecular formula is C38H41N7O3. The predicted octanol–water partition coefficient (Wildman–Crippen LogP) is 5.86. The van der Waals surface area contributed by atoms with E-state index in [0.29, 0.717) is 36.1 Å². The maximum Gasteiger partial charge on any atom is 0.254 e. The summed E-state index contributed by atoms with van der Waals surface area (Å²) < 4.78 is 10.3. The molecule has 3 fully saturated rings. The van der Waals surface area contributed by atoms with Crippen LogP contribution in [0, 0.1) is 11.8 Å². The fourth-order valence-electron chi connectivity index (χ4n) is 8.55. The number of ether oxygens (including phenoxy) is 1. The number of nitrogens with zero attached hydrogens (tertiary/aromatic N) is 5. The average Bonchev–Trinajstić information content (AvgIpc) is 3.47. The normalized spacial score (nSPS) is 22.8. The average molecular weight is 644 g/mol. The van der Waals surface area contributed by atoms with Crippen molar-refractivity contribution in [2.24, 2.45) is 24.6 Å². The zero-order valence-corrected chi connectivity index (χ0v) is 27.9. The molecule has 48 heavy (non-hydrogen) atoms. The molecule has 10 nitrogen and oxygen atoms in total. The third-order valence-corrected chi connectivity index (χ3v) is 11.3. The number of aromatic nitrogens is 4. The first kappa shape index (κ1) is 29.4. The highest BCUT2D eigenvalue weighted by molar-refractivity contribution is 6.01. The number of hydrogen-bond donors (Lipinski definition) is 2. The van der Waals surface area contributed by atoms with Crippen molar-refractivity contribution >= 4 is 39.6 Å². The van der Waals surface area contributed by atoms with E-state index in [9.17, 15) is 9.59 Å². The zero-order chi connectivity index (χ0) is 33.1. The molecule has 5 heterocycles. The van der Waals surface area contributed by atoms with Crippen molar-refractivity contribution in [3.63, 3.8) is 0 Å². The van der Waals surface area contributed by atoms with E-state index in [-0.39, 0.29) is 29.3 Å². The van der Waals surface area contributed by atoms with E-state index in [1.54, 1.807) is 7.11 Å². The van der Waals surface area contributed by atoms with Gasteiger partial charge in [0.05, 0.1) is 24.0 Å². The Hall–Kier alpha value is -4.70. The highest BCUT2D eigenvalue weighted by Gasteiger charge is 2.47. The summed E-state index contributed by atoms with van der Waals surface area (Å²) in [6.07, 6.45) is 4.92. The third-order valence-electron chi connectivity index (χ3n) is 11.3. The molecule has 3 atom stereocenters. The van der Waals surface area contributed by atoms with Gasteiger partial charge in [0.15, 0.2) is 5.82 Å². The number of amides is 2. The van der Waals surface area contributed by atoms with E-state index in [1.165, 1.54) is 12.8 Å². The summed E-state index contributed by atoms with van der Waals surface area (Å²) in [5.74, 6) is 2.47. The Morgan fingerprint density at radius 3 is 2.62 bits per heavy atom. The second-order valence-corrected chi connectivity index (χ2v) is 15.0. The molecule has 2 aromatic carbocycles. The van der Waals surface area contributed by atoms with Gasteiger partial charge in [0.1, 0.15) is 16.9 Å². The minimum atomic E-state index is -0.260. The molecule has 2 amide bonds. The van der Waals surface area contributed by atoms with E-state index < -0.39 is 0 Å². The smallest absolute Gasteiger partial charge is 0.254 e. The first-order chi connectivity index (χ1) is 23.1. The van der Waals surface area contributed by atoms with Gasteiger partial charge in [-0.1, -0.05) is 19.9 Å². The fourth-order valence-corrected chi connectivity index (χ4v) is 8.55. The standard InChI is InChI=1S/C38H41N7O3/c1-38(2)17-32(46)40-27-11-7-21(13-25(27)38)26-10-8-22-15-30(44(35(22)41-26)18-20-5-6-20)36-42-28-14-24(16-31(48-4)34(28)43(36)3)37(47)45-19-23-9-12-29(45)33(23)39/h7-8,10-11,13-16,20,23,29,33H,5-6,9,12,17-19,39H2,1-4H3,(H,40,46). The van der Waals surface area contributed by atoms with Crippen LogP contribution >= 0.6 is 0 Å². The quantitative estimate of drug-likeness (QED) is 0.239. The lowest BCUT2D eigenvalue weighted by Gasteiger charge is -2.32. The first-order valence-electron chi connectivity index (χ1n) is 17.2. The number of imidazole rings is 1. The van der Waals surface area contributed by atoms with Gasteiger partial charge >= 0.3 is 0 Å². The lowest BCUT2D eigenvalue weighted by molar-refractivity contribution is -0.117. The number of pyridine rings is 1. The minimum absolute atomic E-state index is 0.00224. The summed E-state index contributed by atoms with van der Waals surface area (Å²) in [5, 5.41) is 4.08. The van der Waals surface area contributed by atoms with Crippen molar-refractivity contribution in [3.8, 4) is 28.5 Å². The summed E-state index contributed by atoms with van der Waals surface area (Å²) in [4.78, 5) is 38.4. The summed E-state index contributed by atoms with van der Waals surface area (Å²) in [7, 11) is 3.66. The van der Waals surface area contributed by atoms with E-state index in [1.807, 2.05) is 36.2 Å². The van der Waals surface area contributed by atoms with Crippen LogP contribution in [0.25, 0.3) is 44.8 Å². The van der Waals surface area contributed by atoms with Crippen LogP contribution in [0.5, 0.6) is 5.75 Å². The van der Waals surface area contributed by atoms with Gasteiger partial charge in [0, 0.05) is 66.3 Å². The lowest BCUT2D eigenvalue weighted by Crippen LogP contribution is -2.41. The molecule has 2 aliphatic heterocycles. The molecule has 1 saturated heterocycles. The Morgan fingerprint density at radius 1 is 1.06 bits per heavy atom. The largest absolute Gasteiger partial charge is 0.494 e. The Labute approximate surface area is 279 Å². The van der Waals surface area contributed by atoms with Crippen molar-refractivity contribution in [1.29, 1.82) is 0 Å². The van der Waals surface area contributed by atoms with Crippen molar-refractivity contribution in [2.45, 2.75) is 70.0 Å². The number of aryl methyl sites for hydroxylation is 1. The second-order valence-electron chi connectivity index (χ2n) is 15.0. The fraction of sp³-hybridized carbons (Fsp3) is 0.421. The number of benzene rings is 2. The van der Waals surface area contributed by atoms with Gasteiger partial charge in [-0.15, -0.1) is 0 Å². The topological polar surface area (TPSA) is 120 Å². The molecule has 0 radical (unpaired) electrons. The van der Waals surface area contributed by atoms with Crippen LogP contribution in [0.4, 0.5) is 5.69 Å². The van der Waals surface area contributed by atoms with Crippen LogP contribution in [-0.2, 0) is 23.8 Å². The summed E-state index contributed by atoms with van der Waals surface area (Å²) in [6, 6.07) is 16.6. The van der Waals surface area contributed by atoms with Gasteiger partial charge in [-0.3, -0.25) is 9.59 Å². The van der Waals surface area contributed by atoms with Crippen LogP contribution < -0.4 is 15.8 Å².